The van der Waals surface area contributed by atoms with Gasteiger partial charge < -0.3 is 4.74 Å². The Morgan fingerprint density at radius 3 is 2.93 bits per heavy atom. The molecule has 3 aliphatic rings. The van der Waals surface area contributed by atoms with Crippen molar-refractivity contribution >= 4 is 5.78 Å². The number of hydrogen-bond donors (Lipinski definition) is 0. The van der Waals surface area contributed by atoms with Crippen LogP contribution < -0.4 is 0 Å². The Labute approximate surface area is 85.0 Å². The van der Waals surface area contributed by atoms with E-state index in [-0.39, 0.29) is 12.0 Å². The summed E-state index contributed by atoms with van der Waals surface area (Å²) in [6, 6.07) is 0. The lowest BCUT2D eigenvalue weighted by molar-refractivity contribution is -0.123. The van der Waals surface area contributed by atoms with Crippen LogP contribution in [-0.2, 0) is 9.53 Å². The highest BCUT2D eigenvalue weighted by Gasteiger charge is 2.59. The van der Waals surface area contributed by atoms with E-state index >= 15 is 0 Å². The summed E-state index contributed by atoms with van der Waals surface area (Å²) in [7, 11) is 0. The van der Waals surface area contributed by atoms with Crippen LogP contribution in [0.2, 0.25) is 0 Å². The van der Waals surface area contributed by atoms with E-state index in [9.17, 15) is 4.79 Å². The van der Waals surface area contributed by atoms with Gasteiger partial charge in [-0.3, -0.25) is 4.79 Å². The third-order valence-corrected chi connectivity index (χ3v) is 4.56. The fourth-order valence-electron chi connectivity index (χ4n) is 4.16. The summed E-state index contributed by atoms with van der Waals surface area (Å²) in [5.74, 6) is 2.64. The Balaban J connectivity index is 1.84. The monoisotopic (exact) mass is 194 g/mol. The number of hydrogen-bond acceptors (Lipinski definition) is 2. The summed E-state index contributed by atoms with van der Waals surface area (Å²) in [4.78, 5) is 12.0. The molecule has 0 saturated heterocycles. The molecule has 0 radical (unpaired) electrons. The molecule has 2 heteroatoms. The van der Waals surface area contributed by atoms with Gasteiger partial charge in [0, 0.05) is 18.4 Å². The second-order valence-corrected chi connectivity index (χ2v) is 5.02. The quantitative estimate of drug-likeness (QED) is 0.672. The number of ether oxygens (including phenoxy) is 1. The average molecular weight is 194 g/mol. The van der Waals surface area contributed by atoms with Gasteiger partial charge in [-0.1, -0.05) is 6.42 Å². The van der Waals surface area contributed by atoms with Crippen molar-refractivity contribution in [3.05, 3.63) is 0 Å². The molecule has 3 unspecified atom stereocenters. The van der Waals surface area contributed by atoms with Gasteiger partial charge in [0.25, 0.3) is 0 Å². The zero-order valence-corrected chi connectivity index (χ0v) is 8.74. The lowest BCUT2D eigenvalue weighted by Gasteiger charge is -2.29. The standard InChI is InChI=1S/C12H18O2/c1-2-14-10-6-9-7-4-3-5-8(7)11(10)12(9)13/h7-11H,2-6H2,1H3/t7?,8?,9-,10?,11-/m1/s1. The molecule has 3 aliphatic carbocycles. The van der Waals surface area contributed by atoms with Crippen LogP contribution in [0.15, 0.2) is 0 Å². The summed E-state index contributed by atoms with van der Waals surface area (Å²) in [6.45, 7) is 2.79. The van der Waals surface area contributed by atoms with Crippen LogP contribution in [0, 0.1) is 23.7 Å². The molecule has 14 heavy (non-hydrogen) atoms. The smallest absolute Gasteiger partial charge is 0.142 e. The Hall–Kier alpha value is -0.370. The first-order chi connectivity index (χ1) is 6.83. The molecule has 2 bridgehead atoms. The molecule has 78 valence electrons. The van der Waals surface area contributed by atoms with Gasteiger partial charge >= 0.3 is 0 Å². The molecule has 0 aromatic carbocycles. The summed E-state index contributed by atoms with van der Waals surface area (Å²) < 4.78 is 5.69. The van der Waals surface area contributed by atoms with E-state index in [0.717, 1.165) is 18.9 Å². The number of fused-ring (bicyclic) bond motifs is 5. The molecule has 0 aromatic heterocycles. The van der Waals surface area contributed by atoms with Gasteiger partial charge in [0.2, 0.25) is 0 Å². The first-order valence-electron chi connectivity index (χ1n) is 5.98. The van der Waals surface area contributed by atoms with Crippen molar-refractivity contribution < 1.29 is 9.53 Å². The van der Waals surface area contributed by atoms with Crippen molar-refractivity contribution in [1.82, 2.24) is 0 Å². The second kappa shape index (κ2) is 3.06. The van der Waals surface area contributed by atoms with Gasteiger partial charge in [-0.15, -0.1) is 0 Å². The van der Waals surface area contributed by atoms with Gasteiger partial charge in [-0.05, 0) is 38.0 Å². The zero-order chi connectivity index (χ0) is 9.71. The molecule has 0 aromatic rings. The summed E-state index contributed by atoms with van der Waals surface area (Å²) >= 11 is 0. The molecule has 5 atom stereocenters. The van der Waals surface area contributed by atoms with Crippen molar-refractivity contribution in [3.8, 4) is 0 Å². The normalized spacial score (nSPS) is 50.1. The minimum Gasteiger partial charge on any atom is -0.378 e. The fourth-order valence-corrected chi connectivity index (χ4v) is 4.16. The van der Waals surface area contributed by atoms with Crippen molar-refractivity contribution in [2.24, 2.45) is 23.7 Å². The van der Waals surface area contributed by atoms with Crippen molar-refractivity contribution in [2.75, 3.05) is 6.61 Å². The molecule has 3 saturated carbocycles. The first-order valence-corrected chi connectivity index (χ1v) is 5.98. The maximum Gasteiger partial charge on any atom is 0.142 e. The highest BCUT2D eigenvalue weighted by molar-refractivity contribution is 5.89. The van der Waals surface area contributed by atoms with E-state index in [0.29, 0.717) is 17.6 Å². The number of carbonyl (C=O) groups excluding carboxylic acids is 1. The van der Waals surface area contributed by atoms with Crippen LogP contribution in [0.4, 0.5) is 0 Å². The molecule has 3 fully saturated rings. The number of carbonyl (C=O) groups is 1. The van der Waals surface area contributed by atoms with Crippen LogP contribution in [0.1, 0.15) is 32.6 Å². The van der Waals surface area contributed by atoms with E-state index in [1.54, 1.807) is 0 Å². The maximum absolute atomic E-state index is 12.0. The number of ketones is 1. The Morgan fingerprint density at radius 1 is 1.36 bits per heavy atom. The molecule has 0 amide bonds. The van der Waals surface area contributed by atoms with Gasteiger partial charge in [0.15, 0.2) is 0 Å². The fraction of sp³-hybridized carbons (Fsp3) is 0.917. The zero-order valence-electron chi connectivity index (χ0n) is 8.74. The molecule has 0 spiro atoms. The Morgan fingerprint density at radius 2 is 2.14 bits per heavy atom. The van der Waals surface area contributed by atoms with Crippen molar-refractivity contribution in [1.29, 1.82) is 0 Å². The topological polar surface area (TPSA) is 26.3 Å². The van der Waals surface area contributed by atoms with Gasteiger partial charge in [-0.25, -0.2) is 0 Å². The molecular formula is C12H18O2. The minimum atomic E-state index is 0.275. The number of rotatable bonds is 2. The minimum absolute atomic E-state index is 0.275. The summed E-state index contributed by atoms with van der Waals surface area (Å²) in [6.07, 6.45) is 5.22. The predicted molar refractivity (Wildman–Crippen MR) is 52.8 cm³/mol. The molecule has 3 rings (SSSR count). The van der Waals surface area contributed by atoms with E-state index in [1.807, 2.05) is 6.92 Å². The summed E-state index contributed by atoms with van der Waals surface area (Å²) in [5, 5.41) is 0. The van der Waals surface area contributed by atoms with Crippen molar-refractivity contribution in [2.45, 2.75) is 38.7 Å². The van der Waals surface area contributed by atoms with E-state index in [2.05, 4.69) is 0 Å². The highest BCUT2D eigenvalue weighted by Crippen LogP contribution is 2.57. The molecule has 2 nitrogen and oxygen atoms in total. The molecule has 0 N–H and O–H groups in total. The van der Waals surface area contributed by atoms with Crippen LogP contribution in [-0.4, -0.2) is 18.5 Å². The molecule has 0 aliphatic heterocycles. The van der Waals surface area contributed by atoms with E-state index < -0.39 is 0 Å². The van der Waals surface area contributed by atoms with Gasteiger partial charge in [0.05, 0.1) is 6.10 Å². The van der Waals surface area contributed by atoms with Crippen LogP contribution in [0.3, 0.4) is 0 Å². The predicted octanol–water partition coefficient (Wildman–Crippen LogP) is 2.03. The second-order valence-electron chi connectivity index (χ2n) is 5.02. The van der Waals surface area contributed by atoms with Crippen LogP contribution in [0.5, 0.6) is 0 Å². The Bertz CT molecular complexity index is 261. The largest absolute Gasteiger partial charge is 0.378 e. The lowest BCUT2D eigenvalue weighted by Crippen LogP contribution is -2.30. The van der Waals surface area contributed by atoms with Crippen LogP contribution in [0.25, 0.3) is 0 Å². The third-order valence-electron chi connectivity index (χ3n) is 4.56. The SMILES string of the molecule is CCOC1C[C@H]2C(=O)[C@@H]1C1CCCC12. The summed E-state index contributed by atoms with van der Waals surface area (Å²) in [5.41, 5.74) is 0. The molecule has 0 heterocycles. The van der Waals surface area contributed by atoms with Gasteiger partial charge in [-0.2, -0.15) is 0 Å². The first kappa shape index (κ1) is 8.90. The lowest BCUT2D eigenvalue weighted by atomic mass is 9.80. The average Bonchev–Trinajstić information content (AvgIpc) is 2.78. The van der Waals surface area contributed by atoms with E-state index in [1.165, 1.54) is 19.3 Å². The van der Waals surface area contributed by atoms with Crippen LogP contribution >= 0.6 is 0 Å². The van der Waals surface area contributed by atoms with Gasteiger partial charge in [0.1, 0.15) is 5.78 Å². The number of Topliss-reactive ketones (excluding diaryl/α,β-unsaturated/α-hetero) is 1. The molecular weight excluding hydrogens is 176 g/mol. The Kier molecular flexibility index (Phi) is 1.94. The maximum atomic E-state index is 12.0. The third kappa shape index (κ3) is 0.979. The van der Waals surface area contributed by atoms with E-state index in [4.69, 9.17) is 4.74 Å². The van der Waals surface area contributed by atoms with Crippen molar-refractivity contribution in [3.63, 3.8) is 0 Å². The highest BCUT2D eigenvalue weighted by atomic mass is 16.5.